The number of para-hydroxylation sites is 2. The molecule has 1 aromatic heterocycles. The van der Waals surface area contributed by atoms with Gasteiger partial charge in [-0.15, -0.1) is 4.85 Å². The Balaban J connectivity index is 0.000000221. The number of fused-ring (bicyclic) bond motifs is 1. The molecular weight excluding hydrogens is 252 g/mol. The maximum atomic E-state index is 10.9. The van der Waals surface area contributed by atoms with Gasteiger partial charge in [-0.3, -0.25) is 0 Å². The normalized spacial score (nSPS) is 11.1. The summed E-state index contributed by atoms with van der Waals surface area (Å²) in [5.74, 6) is 0. The summed E-state index contributed by atoms with van der Waals surface area (Å²) in [5, 5.41) is 14.3. The molecular formula is C6H4BClF4N3O-. The third-order valence-electron chi connectivity index (χ3n) is 1.45. The fourth-order valence-electron chi connectivity index (χ4n) is 0.950. The second-order valence-electron chi connectivity index (χ2n) is 2.61. The summed E-state index contributed by atoms with van der Waals surface area (Å²) in [6, 6.07) is 6.94. The third-order valence-corrected chi connectivity index (χ3v) is 1.70. The van der Waals surface area contributed by atoms with E-state index in [9.17, 15) is 22.5 Å². The lowest BCUT2D eigenvalue weighted by molar-refractivity contribution is -0.645. The molecule has 0 spiro atoms. The van der Waals surface area contributed by atoms with E-state index in [4.69, 9.17) is 11.8 Å². The molecule has 0 aliphatic carbocycles. The van der Waals surface area contributed by atoms with Crippen LogP contribution in [0.25, 0.3) is 11.0 Å². The van der Waals surface area contributed by atoms with Gasteiger partial charge in [0.15, 0.2) is 11.8 Å². The van der Waals surface area contributed by atoms with Gasteiger partial charge in [0.1, 0.15) is 5.21 Å². The first-order chi connectivity index (χ1) is 7.29. The first kappa shape index (κ1) is 12.6. The molecule has 0 amide bonds. The van der Waals surface area contributed by atoms with Crippen LogP contribution >= 0.6 is 11.8 Å². The molecule has 0 N–H and O–H groups in total. The second-order valence-corrected chi connectivity index (χ2v) is 2.93. The summed E-state index contributed by atoms with van der Waals surface area (Å²) in [6.07, 6.45) is 0. The molecule has 0 radical (unpaired) electrons. The van der Waals surface area contributed by atoms with Crippen LogP contribution in [0.1, 0.15) is 0 Å². The highest BCUT2D eigenvalue weighted by Crippen LogP contribution is 2.08. The van der Waals surface area contributed by atoms with Crippen LogP contribution in [0.5, 0.6) is 0 Å². The highest BCUT2D eigenvalue weighted by atomic mass is 35.5. The molecule has 0 saturated heterocycles. The van der Waals surface area contributed by atoms with Gasteiger partial charge < -0.3 is 22.5 Å². The van der Waals surface area contributed by atoms with Gasteiger partial charge in [0.25, 0.3) is 0 Å². The van der Waals surface area contributed by atoms with E-state index in [1.165, 1.54) is 0 Å². The third kappa shape index (κ3) is 3.57. The molecule has 88 valence electrons. The Morgan fingerprint density at radius 2 is 1.75 bits per heavy atom. The van der Waals surface area contributed by atoms with E-state index in [1.54, 1.807) is 24.3 Å². The van der Waals surface area contributed by atoms with Gasteiger partial charge in [-0.2, -0.15) is 0 Å². The second kappa shape index (κ2) is 4.56. The fraction of sp³-hybridized carbons (Fsp3) is 0. The first-order valence-electron chi connectivity index (χ1n) is 3.90. The van der Waals surface area contributed by atoms with Crippen molar-refractivity contribution >= 4 is 30.1 Å². The van der Waals surface area contributed by atoms with Gasteiger partial charge in [-0.25, -0.2) is 0 Å². The molecule has 0 bridgehead atoms. The van der Waals surface area contributed by atoms with Gasteiger partial charge in [0.2, 0.25) is 11.0 Å². The molecule has 0 aliphatic rings. The van der Waals surface area contributed by atoms with Gasteiger partial charge >= 0.3 is 7.25 Å². The highest BCUT2D eigenvalue weighted by Gasteiger charge is 2.20. The Hall–Kier alpha value is -1.51. The molecule has 0 unspecified atom stereocenters. The highest BCUT2D eigenvalue weighted by molar-refractivity contribution is 6.50. The Bertz CT molecular complexity index is 446. The quantitative estimate of drug-likeness (QED) is 0.313. The minimum Gasteiger partial charge on any atom is -0.691 e. The zero-order valence-electron chi connectivity index (χ0n) is 7.53. The largest absolute Gasteiger partial charge is 0.691 e. The molecule has 2 rings (SSSR count). The van der Waals surface area contributed by atoms with Gasteiger partial charge in [0.05, 0.1) is 0 Å². The van der Waals surface area contributed by atoms with Crippen LogP contribution in [0.2, 0.25) is 0 Å². The van der Waals surface area contributed by atoms with Gasteiger partial charge in [-0.1, -0.05) is 12.1 Å². The van der Waals surface area contributed by atoms with Crippen LogP contribution in [-0.2, 0) is 0 Å². The Kier molecular flexibility index (Phi) is 3.58. The maximum Gasteiger partial charge on any atom is 0.673 e. The fourth-order valence-corrected chi connectivity index (χ4v) is 1.15. The van der Waals surface area contributed by atoms with Crippen molar-refractivity contribution in [1.29, 1.82) is 0 Å². The minimum atomic E-state index is -6.00. The standard InChI is InChI=1S/C6H4ClN3O.BF4/c7-9-5-3-1-2-4-6(5)10(11)8-9;2-1(3,4)5/h1-4H;/q;-1. The lowest BCUT2D eigenvalue weighted by Gasteiger charge is -1.94. The van der Waals surface area contributed by atoms with Crippen LogP contribution in [-0.4, -0.2) is 16.7 Å². The predicted octanol–water partition coefficient (Wildman–Crippen LogP) is 1.97. The number of rotatable bonds is 0. The molecule has 0 fully saturated rings. The average Bonchev–Trinajstić information content (AvgIpc) is 2.41. The first-order valence-corrected chi connectivity index (χ1v) is 4.24. The average molecular weight is 256 g/mol. The number of nitrogens with zero attached hydrogens (tertiary/aromatic N) is 3. The smallest absolute Gasteiger partial charge is 0.673 e. The number of halogens is 5. The molecule has 4 nitrogen and oxygen atoms in total. The maximum absolute atomic E-state index is 10.9. The number of hydrogen-bond donors (Lipinski definition) is 0. The number of benzene rings is 1. The predicted molar refractivity (Wildman–Crippen MR) is 50.1 cm³/mol. The van der Waals surface area contributed by atoms with Crippen LogP contribution in [0, 0.1) is 5.21 Å². The molecule has 10 heteroatoms. The summed E-state index contributed by atoms with van der Waals surface area (Å²) in [6.45, 7) is 0. The zero-order chi connectivity index (χ0) is 12.3. The van der Waals surface area contributed by atoms with Crippen LogP contribution in [0.3, 0.4) is 0 Å². The lowest BCUT2D eigenvalue weighted by Crippen LogP contribution is -2.28. The molecule has 0 saturated carbocycles. The molecule has 0 atom stereocenters. The van der Waals surface area contributed by atoms with Crippen molar-refractivity contribution in [2.24, 2.45) is 0 Å². The number of aromatic nitrogens is 3. The van der Waals surface area contributed by atoms with Crippen molar-refractivity contribution in [3.8, 4) is 0 Å². The summed E-state index contributed by atoms with van der Waals surface area (Å²) < 4.78 is 40.0. The monoisotopic (exact) mass is 256 g/mol. The van der Waals surface area contributed by atoms with E-state index in [0.717, 1.165) is 4.20 Å². The molecule has 16 heavy (non-hydrogen) atoms. The topological polar surface area (TPSA) is 44.8 Å². The van der Waals surface area contributed by atoms with Crippen molar-refractivity contribution in [2.75, 3.05) is 0 Å². The summed E-state index contributed by atoms with van der Waals surface area (Å²) in [7, 11) is -6.00. The van der Waals surface area contributed by atoms with Gasteiger partial charge in [-0.05, 0) is 16.3 Å². The van der Waals surface area contributed by atoms with Crippen molar-refractivity contribution in [3.05, 3.63) is 29.5 Å². The van der Waals surface area contributed by atoms with Crippen molar-refractivity contribution in [2.45, 2.75) is 0 Å². The van der Waals surface area contributed by atoms with E-state index in [0.29, 0.717) is 15.9 Å². The van der Waals surface area contributed by atoms with E-state index in [1.807, 2.05) is 0 Å². The summed E-state index contributed by atoms with van der Waals surface area (Å²) in [5.41, 5.74) is 1.09. The van der Waals surface area contributed by atoms with Crippen molar-refractivity contribution in [1.82, 2.24) is 9.41 Å². The van der Waals surface area contributed by atoms with E-state index in [-0.39, 0.29) is 0 Å². The van der Waals surface area contributed by atoms with E-state index >= 15 is 0 Å². The molecule has 0 aliphatic heterocycles. The zero-order valence-corrected chi connectivity index (χ0v) is 8.28. The number of hydrogen-bond acceptors (Lipinski definition) is 2. The van der Waals surface area contributed by atoms with Crippen molar-refractivity contribution in [3.63, 3.8) is 0 Å². The van der Waals surface area contributed by atoms with Crippen LogP contribution in [0.4, 0.5) is 17.3 Å². The summed E-state index contributed by atoms with van der Waals surface area (Å²) in [4.78, 5) is 0.488. The van der Waals surface area contributed by atoms with E-state index in [2.05, 4.69) is 5.21 Å². The molecule has 1 aromatic carbocycles. The SMILES string of the molecule is F[B-](F)(F)F.[O-][n+]1nn(Cl)c2ccccc21. The van der Waals surface area contributed by atoms with Gasteiger partial charge in [0, 0.05) is 0 Å². The lowest BCUT2D eigenvalue weighted by atomic mass is 10.3. The minimum absolute atomic E-state index is 0.475. The van der Waals surface area contributed by atoms with Crippen LogP contribution < -0.4 is 4.85 Å². The Morgan fingerprint density at radius 1 is 1.25 bits per heavy atom. The Labute approximate surface area is 91.8 Å². The summed E-state index contributed by atoms with van der Waals surface area (Å²) >= 11 is 5.56. The molecule has 1 heterocycles. The Morgan fingerprint density at radius 3 is 2.25 bits per heavy atom. The van der Waals surface area contributed by atoms with Crippen LogP contribution in [0.15, 0.2) is 24.3 Å². The van der Waals surface area contributed by atoms with Crippen molar-refractivity contribution < 1.29 is 22.1 Å². The molecule has 2 aromatic rings. The van der Waals surface area contributed by atoms with E-state index < -0.39 is 7.25 Å².